The molecule has 0 aromatic heterocycles. The van der Waals surface area contributed by atoms with E-state index in [-0.39, 0.29) is 16.6 Å². The standard InChI is InChI=1S/C18H16FNO5S/c19-12-3-1-11(2-4-12)14-10-15(14)18(21)20-26(22,23)13-5-6-16-17(9-13)25-8-7-24-16/h1-6,9,14-15H,7-8,10H2,(H,20,21)/t14-,15-/m1/s1. The van der Waals surface area contributed by atoms with Crippen molar-refractivity contribution in [3.63, 3.8) is 0 Å². The summed E-state index contributed by atoms with van der Waals surface area (Å²) in [7, 11) is -4.01. The Morgan fingerprint density at radius 2 is 1.73 bits per heavy atom. The van der Waals surface area contributed by atoms with E-state index in [9.17, 15) is 17.6 Å². The Kier molecular flexibility index (Phi) is 4.07. The van der Waals surface area contributed by atoms with Gasteiger partial charge in [-0.3, -0.25) is 4.79 Å². The Bertz CT molecular complexity index is 958. The van der Waals surface area contributed by atoms with Crippen molar-refractivity contribution >= 4 is 15.9 Å². The quantitative estimate of drug-likeness (QED) is 0.883. The lowest BCUT2D eigenvalue weighted by Crippen LogP contribution is -2.32. The van der Waals surface area contributed by atoms with Crippen LogP contribution in [-0.2, 0) is 14.8 Å². The number of amides is 1. The average Bonchev–Trinajstić information content (AvgIpc) is 3.42. The third kappa shape index (κ3) is 3.24. The van der Waals surface area contributed by atoms with Gasteiger partial charge in [0.15, 0.2) is 11.5 Å². The van der Waals surface area contributed by atoms with Gasteiger partial charge in [-0.05, 0) is 42.2 Å². The molecule has 4 rings (SSSR count). The molecule has 1 aliphatic heterocycles. The van der Waals surface area contributed by atoms with E-state index in [0.717, 1.165) is 5.56 Å². The van der Waals surface area contributed by atoms with Gasteiger partial charge in [-0.25, -0.2) is 17.5 Å². The van der Waals surface area contributed by atoms with Crippen molar-refractivity contribution in [2.24, 2.45) is 5.92 Å². The maximum absolute atomic E-state index is 13.0. The fraction of sp³-hybridized carbons (Fsp3) is 0.278. The van der Waals surface area contributed by atoms with E-state index < -0.39 is 21.8 Å². The molecule has 1 heterocycles. The van der Waals surface area contributed by atoms with Crippen molar-refractivity contribution in [3.8, 4) is 11.5 Å². The molecular weight excluding hydrogens is 361 g/mol. The minimum absolute atomic E-state index is 0.0610. The van der Waals surface area contributed by atoms with Gasteiger partial charge in [0.05, 0.1) is 4.90 Å². The highest BCUT2D eigenvalue weighted by molar-refractivity contribution is 7.90. The van der Waals surface area contributed by atoms with Gasteiger partial charge < -0.3 is 9.47 Å². The lowest BCUT2D eigenvalue weighted by Gasteiger charge is -2.18. The van der Waals surface area contributed by atoms with Gasteiger partial charge in [0.1, 0.15) is 19.0 Å². The number of hydrogen-bond acceptors (Lipinski definition) is 5. The molecule has 0 spiro atoms. The predicted molar refractivity (Wildman–Crippen MR) is 90.0 cm³/mol. The van der Waals surface area contributed by atoms with Crippen LogP contribution in [0.25, 0.3) is 0 Å². The molecule has 2 aromatic rings. The van der Waals surface area contributed by atoms with Gasteiger partial charge in [-0.2, -0.15) is 0 Å². The van der Waals surface area contributed by atoms with Crippen LogP contribution >= 0.6 is 0 Å². The van der Waals surface area contributed by atoms with Crippen LogP contribution < -0.4 is 14.2 Å². The maximum Gasteiger partial charge on any atom is 0.264 e. The zero-order valence-electron chi connectivity index (χ0n) is 13.6. The van der Waals surface area contributed by atoms with Crippen LogP contribution in [0.4, 0.5) is 4.39 Å². The zero-order valence-corrected chi connectivity index (χ0v) is 14.5. The lowest BCUT2D eigenvalue weighted by atomic mass is 10.1. The molecule has 1 saturated carbocycles. The molecule has 1 N–H and O–H groups in total. The van der Waals surface area contributed by atoms with Crippen LogP contribution in [0.5, 0.6) is 11.5 Å². The number of halogens is 1. The molecule has 2 aromatic carbocycles. The van der Waals surface area contributed by atoms with Crippen molar-refractivity contribution in [2.45, 2.75) is 17.2 Å². The van der Waals surface area contributed by atoms with Crippen molar-refractivity contribution in [2.75, 3.05) is 13.2 Å². The van der Waals surface area contributed by atoms with Crippen LogP contribution in [0.1, 0.15) is 17.9 Å². The summed E-state index contributed by atoms with van der Waals surface area (Å²) in [5, 5.41) is 0. The summed E-state index contributed by atoms with van der Waals surface area (Å²) < 4.78 is 50.8. The van der Waals surface area contributed by atoms with E-state index in [1.54, 1.807) is 12.1 Å². The zero-order chi connectivity index (χ0) is 18.3. The number of carbonyl (C=O) groups is 1. The van der Waals surface area contributed by atoms with Crippen molar-refractivity contribution in [3.05, 3.63) is 53.8 Å². The summed E-state index contributed by atoms with van der Waals surface area (Å²) in [5.74, 6) is -0.633. The second-order valence-electron chi connectivity index (χ2n) is 6.28. The van der Waals surface area contributed by atoms with Crippen molar-refractivity contribution < 1.29 is 27.1 Å². The molecule has 0 unspecified atom stereocenters. The summed E-state index contributed by atoms with van der Waals surface area (Å²) >= 11 is 0. The van der Waals surface area contributed by atoms with Gasteiger partial charge in [0.2, 0.25) is 5.91 Å². The number of nitrogens with one attached hydrogen (secondary N) is 1. The molecular formula is C18H16FNO5S. The number of ether oxygens (including phenoxy) is 2. The summed E-state index contributed by atoms with van der Waals surface area (Å²) in [5.41, 5.74) is 0.822. The Balaban J connectivity index is 1.46. The molecule has 1 amide bonds. The SMILES string of the molecule is O=C(NS(=O)(=O)c1ccc2c(c1)OCCO2)[C@@H]1C[C@@H]1c1ccc(F)cc1. The van der Waals surface area contributed by atoms with Crippen LogP contribution in [-0.4, -0.2) is 27.5 Å². The minimum Gasteiger partial charge on any atom is -0.486 e. The largest absolute Gasteiger partial charge is 0.486 e. The molecule has 8 heteroatoms. The molecule has 0 bridgehead atoms. The number of rotatable bonds is 4. The minimum atomic E-state index is -4.01. The number of fused-ring (bicyclic) bond motifs is 1. The Hall–Kier alpha value is -2.61. The molecule has 26 heavy (non-hydrogen) atoms. The first-order chi connectivity index (χ1) is 12.4. The smallest absolute Gasteiger partial charge is 0.264 e. The summed E-state index contributed by atoms with van der Waals surface area (Å²) in [6.07, 6.45) is 0.536. The van der Waals surface area contributed by atoms with Gasteiger partial charge >= 0.3 is 0 Å². The molecule has 6 nitrogen and oxygen atoms in total. The fourth-order valence-corrected chi connectivity index (χ4v) is 4.06. The predicted octanol–water partition coefficient (Wildman–Crippen LogP) is 2.21. The third-order valence-electron chi connectivity index (χ3n) is 4.48. The molecule has 1 aliphatic carbocycles. The first kappa shape index (κ1) is 16.8. The van der Waals surface area contributed by atoms with Crippen molar-refractivity contribution in [1.29, 1.82) is 0 Å². The Morgan fingerprint density at radius 3 is 2.46 bits per heavy atom. The summed E-state index contributed by atoms with van der Waals surface area (Å²) in [4.78, 5) is 12.3. The van der Waals surface area contributed by atoms with Crippen LogP contribution in [0.15, 0.2) is 47.4 Å². The summed E-state index contributed by atoms with van der Waals surface area (Å²) in [6.45, 7) is 0.743. The first-order valence-electron chi connectivity index (χ1n) is 8.16. The highest BCUT2D eigenvalue weighted by Gasteiger charge is 2.45. The van der Waals surface area contributed by atoms with Gasteiger partial charge in [-0.1, -0.05) is 12.1 Å². The van der Waals surface area contributed by atoms with E-state index >= 15 is 0 Å². The summed E-state index contributed by atoms with van der Waals surface area (Å²) in [6, 6.07) is 10.1. The van der Waals surface area contributed by atoms with Crippen molar-refractivity contribution in [1.82, 2.24) is 4.72 Å². The van der Waals surface area contributed by atoms with Gasteiger partial charge in [0, 0.05) is 12.0 Å². The highest BCUT2D eigenvalue weighted by Crippen LogP contribution is 2.47. The Morgan fingerprint density at radius 1 is 1.04 bits per heavy atom. The number of carbonyl (C=O) groups excluding carboxylic acids is 1. The average molecular weight is 377 g/mol. The number of hydrogen-bond donors (Lipinski definition) is 1. The van der Waals surface area contributed by atoms with Crippen LogP contribution in [0.3, 0.4) is 0 Å². The monoisotopic (exact) mass is 377 g/mol. The lowest BCUT2D eigenvalue weighted by molar-refractivity contribution is -0.120. The second kappa shape index (κ2) is 6.28. The van der Waals surface area contributed by atoms with Gasteiger partial charge in [-0.15, -0.1) is 0 Å². The molecule has 1 fully saturated rings. The van der Waals surface area contributed by atoms with Crippen LogP contribution in [0.2, 0.25) is 0 Å². The van der Waals surface area contributed by atoms with Gasteiger partial charge in [0.25, 0.3) is 10.0 Å². The molecule has 0 radical (unpaired) electrons. The van der Waals surface area contributed by atoms with E-state index in [1.807, 2.05) is 0 Å². The normalized spacial score (nSPS) is 21.1. The van der Waals surface area contributed by atoms with Crippen LogP contribution in [0, 0.1) is 11.7 Å². The first-order valence-corrected chi connectivity index (χ1v) is 9.64. The molecule has 136 valence electrons. The topological polar surface area (TPSA) is 81.7 Å². The van der Waals surface area contributed by atoms with E-state index in [0.29, 0.717) is 31.1 Å². The maximum atomic E-state index is 13.0. The third-order valence-corrected chi connectivity index (χ3v) is 5.83. The number of sulfonamides is 1. The highest BCUT2D eigenvalue weighted by atomic mass is 32.2. The molecule has 2 aliphatic rings. The Labute approximate surface area is 150 Å². The number of benzene rings is 2. The second-order valence-corrected chi connectivity index (χ2v) is 7.96. The van der Waals surface area contributed by atoms with E-state index in [2.05, 4.69) is 4.72 Å². The fourth-order valence-electron chi connectivity index (χ4n) is 3.02. The molecule has 0 saturated heterocycles. The molecule has 2 atom stereocenters. The van der Waals surface area contributed by atoms with E-state index in [4.69, 9.17) is 9.47 Å². The van der Waals surface area contributed by atoms with E-state index in [1.165, 1.54) is 30.3 Å².